The lowest BCUT2D eigenvalue weighted by Gasteiger charge is -2.13. The summed E-state index contributed by atoms with van der Waals surface area (Å²) in [6.45, 7) is 1.72. The number of Topliss-reactive ketones (excluding diaryl/α,β-unsaturated/α-hetero) is 1. The van der Waals surface area contributed by atoms with Crippen molar-refractivity contribution in [2.24, 2.45) is 14.1 Å². The van der Waals surface area contributed by atoms with Gasteiger partial charge in [0.25, 0.3) is 5.56 Å². The van der Waals surface area contributed by atoms with Crippen LogP contribution in [0.4, 0.5) is 0 Å². The molecule has 0 spiro atoms. The highest BCUT2D eigenvalue weighted by Crippen LogP contribution is 2.24. The van der Waals surface area contributed by atoms with Crippen molar-refractivity contribution >= 4 is 27.9 Å². The summed E-state index contributed by atoms with van der Waals surface area (Å²) in [6, 6.07) is 6.89. The molecule has 0 saturated carbocycles. The van der Waals surface area contributed by atoms with Gasteiger partial charge in [-0.2, -0.15) is 0 Å². The number of nitrogens with one attached hydrogen (secondary N) is 1. The summed E-state index contributed by atoms with van der Waals surface area (Å²) in [5.74, 6) is -0.141. The Morgan fingerprint density at radius 1 is 1.15 bits per heavy atom. The second kappa shape index (κ2) is 5.55. The van der Waals surface area contributed by atoms with Gasteiger partial charge in [0.1, 0.15) is 0 Å². The van der Waals surface area contributed by atoms with Gasteiger partial charge in [-0.3, -0.25) is 18.7 Å². The Bertz CT molecular complexity index is 1290. The number of hydrogen-bond donors (Lipinski definition) is 1. The number of imidazole rings is 1. The molecule has 1 N–H and O–H groups in total. The third kappa shape index (κ3) is 2.08. The van der Waals surface area contributed by atoms with Gasteiger partial charge in [-0.1, -0.05) is 18.2 Å². The first-order valence-electron chi connectivity index (χ1n) is 8.14. The lowest BCUT2D eigenvalue weighted by Crippen LogP contribution is -2.38. The summed E-state index contributed by atoms with van der Waals surface area (Å²) in [7, 11) is 2.96. The van der Waals surface area contributed by atoms with Gasteiger partial charge in [0.05, 0.1) is 12.4 Å². The van der Waals surface area contributed by atoms with E-state index in [9.17, 15) is 14.4 Å². The SMILES string of the molecule is C[C@@H](C(=O)c1c[nH]c2ccccc12)n1cnc2c1c(=O)n(C)c(=O)n2C. The molecule has 26 heavy (non-hydrogen) atoms. The van der Waals surface area contributed by atoms with Crippen molar-refractivity contribution < 1.29 is 4.79 Å². The molecule has 3 heterocycles. The number of carbonyl (C=O) groups excluding carboxylic acids is 1. The van der Waals surface area contributed by atoms with Crippen LogP contribution < -0.4 is 11.2 Å². The molecule has 0 fully saturated rings. The van der Waals surface area contributed by atoms with Crippen LogP contribution in [-0.2, 0) is 14.1 Å². The van der Waals surface area contributed by atoms with E-state index in [4.69, 9.17) is 0 Å². The van der Waals surface area contributed by atoms with E-state index in [1.807, 2.05) is 24.3 Å². The van der Waals surface area contributed by atoms with Crippen LogP contribution in [0.3, 0.4) is 0 Å². The van der Waals surface area contributed by atoms with Crippen LogP contribution in [0.15, 0.2) is 46.4 Å². The zero-order valence-electron chi connectivity index (χ0n) is 14.6. The highest BCUT2D eigenvalue weighted by atomic mass is 16.2. The highest BCUT2D eigenvalue weighted by Gasteiger charge is 2.24. The topological polar surface area (TPSA) is 94.7 Å². The minimum absolute atomic E-state index is 0.141. The van der Waals surface area contributed by atoms with Crippen molar-refractivity contribution in [3.8, 4) is 0 Å². The third-order valence-corrected chi connectivity index (χ3v) is 4.82. The predicted octanol–water partition coefficient (Wildman–Crippen LogP) is 1.36. The smallest absolute Gasteiger partial charge is 0.332 e. The quantitative estimate of drug-likeness (QED) is 0.564. The molecule has 1 atom stereocenters. The number of aromatic amines is 1. The number of para-hydroxylation sites is 1. The molecule has 1 aromatic carbocycles. The van der Waals surface area contributed by atoms with Gasteiger partial charge < -0.3 is 9.55 Å². The van der Waals surface area contributed by atoms with Crippen LogP contribution in [-0.4, -0.2) is 29.5 Å². The number of ketones is 1. The lowest BCUT2D eigenvalue weighted by molar-refractivity contribution is 0.0938. The molecule has 0 radical (unpaired) electrons. The molecular formula is C18H17N5O3. The van der Waals surface area contributed by atoms with E-state index in [0.29, 0.717) is 5.56 Å². The molecular weight excluding hydrogens is 334 g/mol. The normalized spacial score (nSPS) is 12.7. The van der Waals surface area contributed by atoms with E-state index >= 15 is 0 Å². The van der Waals surface area contributed by atoms with Crippen LogP contribution in [0.5, 0.6) is 0 Å². The fraction of sp³-hybridized carbons (Fsp3) is 0.222. The second-order valence-electron chi connectivity index (χ2n) is 6.32. The Kier molecular flexibility index (Phi) is 3.43. The zero-order valence-corrected chi connectivity index (χ0v) is 14.6. The van der Waals surface area contributed by atoms with Gasteiger partial charge in [0, 0.05) is 36.8 Å². The molecule has 0 aliphatic rings. The third-order valence-electron chi connectivity index (χ3n) is 4.82. The average molecular weight is 351 g/mol. The van der Waals surface area contributed by atoms with Crippen molar-refractivity contribution in [3.05, 3.63) is 63.2 Å². The standard InChI is InChI=1S/C18H17N5O3/c1-10(15(24)12-8-19-13-7-5-4-6-11(12)13)23-9-20-16-14(23)17(25)22(3)18(26)21(16)2/h4-10,19H,1-3H3/t10-/m0/s1. The number of hydrogen-bond acceptors (Lipinski definition) is 4. The van der Waals surface area contributed by atoms with Crippen molar-refractivity contribution in [3.63, 3.8) is 0 Å². The Morgan fingerprint density at radius 3 is 2.65 bits per heavy atom. The van der Waals surface area contributed by atoms with Gasteiger partial charge in [-0.25, -0.2) is 9.78 Å². The summed E-state index contributed by atoms with van der Waals surface area (Å²) in [4.78, 5) is 45.0. The maximum absolute atomic E-state index is 13.1. The monoisotopic (exact) mass is 351 g/mol. The number of aryl methyl sites for hydroxylation is 1. The molecule has 0 amide bonds. The molecule has 0 saturated heterocycles. The molecule has 8 heteroatoms. The number of rotatable bonds is 3. The lowest BCUT2D eigenvalue weighted by atomic mass is 10.0. The van der Waals surface area contributed by atoms with Crippen molar-refractivity contribution in [2.45, 2.75) is 13.0 Å². The molecule has 0 bridgehead atoms. The molecule has 0 aliphatic carbocycles. The first-order valence-corrected chi connectivity index (χ1v) is 8.14. The highest BCUT2D eigenvalue weighted by molar-refractivity contribution is 6.09. The first kappa shape index (κ1) is 16.1. The van der Waals surface area contributed by atoms with Crippen molar-refractivity contribution in [2.75, 3.05) is 0 Å². The summed E-state index contributed by atoms with van der Waals surface area (Å²) in [6.07, 6.45) is 3.11. The average Bonchev–Trinajstić information content (AvgIpc) is 3.28. The Morgan fingerprint density at radius 2 is 1.88 bits per heavy atom. The molecule has 0 aliphatic heterocycles. The van der Waals surface area contributed by atoms with Gasteiger partial charge in [0.15, 0.2) is 16.9 Å². The summed E-state index contributed by atoms with van der Waals surface area (Å²) >= 11 is 0. The van der Waals surface area contributed by atoms with Crippen LogP contribution in [0.2, 0.25) is 0 Å². The van der Waals surface area contributed by atoms with Crippen molar-refractivity contribution in [1.29, 1.82) is 0 Å². The minimum Gasteiger partial charge on any atom is -0.360 e. The Labute approximate surface area is 147 Å². The Balaban J connectivity index is 1.89. The van der Waals surface area contributed by atoms with E-state index in [0.717, 1.165) is 15.5 Å². The fourth-order valence-corrected chi connectivity index (χ4v) is 3.28. The van der Waals surface area contributed by atoms with Gasteiger partial charge in [-0.05, 0) is 13.0 Å². The summed E-state index contributed by atoms with van der Waals surface area (Å²) in [5.41, 5.74) is 0.989. The molecule has 4 rings (SSSR count). The minimum atomic E-state index is -0.649. The zero-order chi connectivity index (χ0) is 18.6. The van der Waals surface area contributed by atoms with E-state index in [-0.39, 0.29) is 16.9 Å². The molecule has 8 nitrogen and oxygen atoms in total. The number of fused-ring (bicyclic) bond motifs is 2. The maximum Gasteiger partial charge on any atom is 0.332 e. The second-order valence-corrected chi connectivity index (χ2v) is 6.32. The predicted molar refractivity (Wildman–Crippen MR) is 97.6 cm³/mol. The van der Waals surface area contributed by atoms with Gasteiger partial charge >= 0.3 is 5.69 Å². The molecule has 0 unspecified atom stereocenters. The number of benzene rings is 1. The van der Waals surface area contributed by atoms with Gasteiger partial charge in [0.2, 0.25) is 0 Å². The van der Waals surface area contributed by atoms with E-state index < -0.39 is 17.3 Å². The molecule has 132 valence electrons. The first-order chi connectivity index (χ1) is 12.4. The Hall–Kier alpha value is -3.42. The van der Waals surface area contributed by atoms with Crippen LogP contribution in [0.25, 0.3) is 22.1 Å². The van der Waals surface area contributed by atoms with E-state index in [2.05, 4.69) is 9.97 Å². The van der Waals surface area contributed by atoms with E-state index in [1.54, 1.807) is 20.2 Å². The number of aromatic nitrogens is 5. The van der Waals surface area contributed by atoms with Crippen LogP contribution in [0.1, 0.15) is 23.3 Å². The van der Waals surface area contributed by atoms with E-state index in [1.165, 1.54) is 22.5 Å². The molecule has 3 aromatic heterocycles. The van der Waals surface area contributed by atoms with Crippen LogP contribution in [0, 0.1) is 0 Å². The maximum atomic E-state index is 13.1. The largest absolute Gasteiger partial charge is 0.360 e. The summed E-state index contributed by atoms with van der Waals surface area (Å²) < 4.78 is 3.85. The number of carbonyl (C=O) groups is 1. The number of nitrogens with zero attached hydrogens (tertiary/aromatic N) is 4. The fourth-order valence-electron chi connectivity index (χ4n) is 3.28. The van der Waals surface area contributed by atoms with Crippen LogP contribution >= 0.6 is 0 Å². The molecule has 4 aromatic rings. The van der Waals surface area contributed by atoms with Crippen molar-refractivity contribution in [1.82, 2.24) is 23.7 Å². The van der Waals surface area contributed by atoms with Gasteiger partial charge in [-0.15, -0.1) is 0 Å². The summed E-state index contributed by atoms with van der Waals surface area (Å²) in [5, 5.41) is 0.828. The number of H-pyrrole nitrogens is 1.